The smallest absolute Gasteiger partial charge is 0.327 e. The van der Waals surface area contributed by atoms with Crippen molar-refractivity contribution >= 4 is 5.97 Å². The fourth-order valence-electron chi connectivity index (χ4n) is 3.82. The molecule has 19 heavy (non-hydrogen) atoms. The highest BCUT2D eigenvalue weighted by atomic mass is 16.5. The zero-order valence-corrected chi connectivity index (χ0v) is 11.9. The molecule has 0 spiro atoms. The summed E-state index contributed by atoms with van der Waals surface area (Å²) >= 11 is 0. The maximum absolute atomic E-state index is 10.5. The van der Waals surface area contributed by atoms with Gasteiger partial charge in [0.05, 0.1) is 6.10 Å². The first-order valence-corrected chi connectivity index (χ1v) is 7.63. The van der Waals surface area contributed by atoms with E-state index in [2.05, 4.69) is 0 Å². The summed E-state index contributed by atoms with van der Waals surface area (Å²) in [4.78, 5) is 10.5. The SMILES string of the molecule is CO[C@H]1CC[C@H](C2CCC(C=CC(=O)O)CC2)CC1. The topological polar surface area (TPSA) is 46.5 Å². The van der Waals surface area contributed by atoms with Crippen molar-refractivity contribution in [2.24, 2.45) is 17.8 Å². The van der Waals surface area contributed by atoms with E-state index < -0.39 is 5.97 Å². The highest BCUT2D eigenvalue weighted by Gasteiger charge is 2.30. The van der Waals surface area contributed by atoms with Crippen LogP contribution in [0.15, 0.2) is 12.2 Å². The molecule has 0 aliphatic heterocycles. The van der Waals surface area contributed by atoms with Gasteiger partial charge in [-0.1, -0.05) is 6.08 Å². The Balaban J connectivity index is 1.73. The number of rotatable bonds is 4. The fraction of sp³-hybridized carbons (Fsp3) is 0.812. The van der Waals surface area contributed by atoms with Gasteiger partial charge in [-0.2, -0.15) is 0 Å². The Morgan fingerprint density at radius 3 is 2.00 bits per heavy atom. The predicted molar refractivity (Wildman–Crippen MR) is 75.0 cm³/mol. The summed E-state index contributed by atoms with van der Waals surface area (Å²) in [5, 5.41) is 8.65. The molecule has 2 aliphatic rings. The van der Waals surface area contributed by atoms with Crippen LogP contribution in [0.2, 0.25) is 0 Å². The highest BCUT2D eigenvalue weighted by Crippen LogP contribution is 2.40. The number of hydrogen-bond acceptors (Lipinski definition) is 2. The van der Waals surface area contributed by atoms with Crippen LogP contribution in [0.5, 0.6) is 0 Å². The molecule has 0 aromatic rings. The van der Waals surface area contributed by atoms with E-state index in [0.717, 1.165) is 11.8 Å². The van der Waals surface area contributed by atoms with E-state index >= 15 is 0 Å². The van der Waals surface area contributed by atoms with Gasteiger partial charge in [0, 0.05) is 13.2 Å². The zero-order chi connectivity index (χ0) is 13.7. The van der Waals surface area contributed by atoms with Crippen LogP contribution < -0.4 is 0 Å². The molecule has 2 saturated carbocycles. The number of allylic oxidation sites excluding steroid dienone is 1. The molecule has 2 aliphatic carbocycles. The predicted octanol–water partition coefficient (Wildman–Crippen LogP) is 3.64. The van der Waals surface area contributed by atoms with E-state index in [-0.39, 0.29) is 0 Å². The molecule has 0 unspecified atom stereocenters. The summed E-state index contributed by atoms with van der Waals surface area (Å²) in [5.41, 5.74) is 0. The molecule has 0 radical (unpaired) electrons. The molecule has 2 fully saturated rings. The van der Waals surface area contributed by atoms with E-state index in [1.807, 2.05) is 13.2 Å². The molecule has 0 aromatic heterocycles. The molecule has 0 aromatic carbocycles. The average Bonchev–Trinajstić information content (AvgIpc) is 2.46. The zero-order valence-electron chi connectivity index (χ0n) is 11.9. The monoisotopic (exact) mass is 266 g/mol. The van der Waals surface area contributed by atoms with Gasteiger partial charge in [0.15, 0.2) is 0 Å². The number of carboxylic acid groups (broad SMARTS) is 1. The minimum Gasteiger partial charge on any atom is -0.478 e. The first kappa shape index (κ1) is 14.6. The molecular formula is C16H26O3. The van der Waals surface area contributed by atoms with Crippen LogP contribution in [0.4, 0.5) is 0 Å². The standard InChI is InChI=1S/C16H26O3/c1-19-15-9-7-14(8-10-15)13-5-2-12(3-6-13)4-11-16(17)18/h4,11-15H,2-3,5-10H2,1H3,(H,17,18)/t12?,13?,14-,15-. The molecule has 0 saturated heterocycles. The molecule has 0 amide bonds. The maximum Gasteiger partial charge on any atom is 0.327 e. The minimum atomic E-state index is -0.819. The quantitative estimate of drug-likeness (QED) is 0.790. The van der Waals surface area contributed by atoms with Crippen LogP contribution >= 0.6 is 0 Å². The van der Waals surface area contributed by atoms with Gasteiger partial charge in [0.1, 0.15) is 0 Å². The van der Waals surface area contributed by atoms with Crippen molar-refractivity contribution in [3.05, 3.63) is 12.2 Å². The summed E-state index contributed by atoms with van der Waals surface area (Å²) < 4.78 is 5.43. The van der Waals surface area contributed by atoms with E-state index in [1.54, 1.807) is 0 Å². The molecular weight excluding hydrogens is 240 g/mol. The number of aliphatic carboxylic acids is 1. The molecule has 0 bridgehead atoms. The summed E-state index contributed by atoms with van der Waals surface area (Å²) in [6.07, 6.45) is 13.7. The molecule has 1 N–H and O–H groups in total. The van der Waals surface area contributed by atoms with Crippen molar-refractivity contribution in [3.8, 4) is 0 Å². The van der Waals surface area contributed by atoms with Crippen molar-refractivity contribution in [1.29, 1.82) is 0 Å². The van der Waals surface area contributed by atoms with Gasteiger partial charge in [-0.3, -0.25) is 0 Å². The van der Waals surface area contributed by atoms with Crippen LogP contribution in [0.25, 0.3) is 0 Å². The Bertz CT molecular complexity index is 308. The lowest BCUT2D eigenvalue weighted by atomic mass is 9.70. The Morgan fingerprint density at radius 2 is 1.53 bits per heavy atom. The summed E-state index contributed by atoms with van der Waals surface area (Å²) in [6.45, 7) is 0. The normalized spacial score (nSPS) is 36.5. The van der Waals surface area contributed by atoms with Gasteiger partial charge in [-0.05, 0) is 69.1 Å². The van der Waals surface area contributed by atoms with E-state index in [9.17, 15) is 4.79 Å². The summed E-state index contributed by atoms with van der Waals surface area (Å²) in [5.74, 6) is 1.42. The van der Waals surface area contributed by atoms with E-state index in [4.69, 9.17) is 9.84 Å². The van der Waals surface area contributed by atoms with Crippen LogP contribution in [0, 0.1) is 17.8 Å². The van der Waals surface area contributed by atoms with Gasteiger partial charge in [-0.15, -0.1) is 0 Å². The first-order chi connectivity index (χ1) is 9.19. The first-order valence-electron chi connectivity index (χ1n) is 7.63. The fourth-order valence-corrected chi connectivity index (χ4v) is 3.82. The molecule has 0 atom stereocenters. The molecule has 3 heteroatoms. The average molecular weight is 266 g/mol. The highest BCUT2D eigenvalue weighted by molar-refractivity contribution is 5.79. The van der Waals surface area contributed by atoms with Crippen LogP contribution in [-0.4, -0.2) is 24.3 Å². The molecule has 2 rings (SSSR count). The molecule has 3 nitrogen and oxygen atoms in total. The molecule has 108 valence electrons. The van der Waals surface area contributed by atoms with E-state index in [1.165, 1.54) is 57.4 Å². The number of methoxy groups -OCH3 is 1. The van der Waals surface area contributed by atoms with Gasteiger partial charge in [0.25, 0.3) is 0 Å². The Hall–Kier alpha value is -0.830. The number of hydrogen-bond donors (Lipinski definition) is 1. The Kier molecular flexibility index (Phi) is 5.44. The lowest BCUT2D eigenvalue weighted by Gasteiger charge is -2.37. The Labute approximate surface area is 116 Å². The van der Waals surface area contributed by atoms with Gasteiger partial charge in [0.2, 0.25) is 0 Å². The van der Waals surface area contributed by atoms with Crippen molar-refractivity contribution in [2.75, 3.05) is 7.11 Å². The number of ether oxygens (including phenoxy) is 1. The Morgan fingerprint density at radius 1 is 1.00 bits per heavy atom. The van der Waals surface area contributed by atoms with Crippen molar-refractivity contribution in [1.82, 2.24) is 0 Å². The molecule has 0 heterocycles. The second-order valence-electron chi connectivity index (χ2n) is 6.14. The summed E-state index contributed by atoms with van der Waals surface area (Å²) in [7, 11) is 1.82. The summed E-state index contributed by atoms with van der Waals surface area (Å²) in [6, 6.07) is 0. The third-order valence-electron chi connectivity index (χ3n) is 5.05. The minimum absolute atomic E-state index is 0.489. The van der Waals surface area contributed by atoms with Gasteiger partial charge in [-0.25, -0.2) is 4.79 Å². The van der Waals surface area contributed by atoms with Crippen molar-refractivity contribution < 1.29 is 14.6 Å². The second kappa shape index (κ2) is 7.09. The lowest BCUT2D eigenvalue weighted by Crippen LogP contribution is -2.27. The number of carboxylic acids is 1. The largest absolute Gasteiger partial charge is 0.478 e. The van der Waals surface area contributed by atoms with Gasteiger partial charge < -0.3 is 9.84 Å². The van der Waals surface area contributed by atoms with E-state index in [0.29, 0.717) is 12.0 Å². The van der Waals surface area contributed by atoms with Crippen LogP contribution in [-0.2, 0) is 9.53 Å². The van der Waals surface area contributed by atoms with Crippen LogP contribution in [0.1, 0.15) is 51.4 Å². The number of carbonyl (C=O) groups is 1. The van der Waals surface area contributed by atoms with Gasteiger partial charge >= 0.3 is 5.97 Å². The van der Waals surface area contributed by atoms with Crippen molar-refractivity contribution in [3.63, 3.8) is 0 Å². The maximum atomic E-state index is 10.5. The van der Waals surface area contributed by atoms with Crippen LogP contribution in [0.3, 0.4) is 0 Å². The third kappa shape index (κ3) is 4.34. The lowest BCUT2D eigenvalue weighted by molar-refractivity contribution is -0.131. The second-order valence-corrected chi connectivity index (χ2v) is 6.14. The third-order valence-corrected chi connectivity index (χ3v) is 5.05. The van der Waals surface area contributed by atoms with Crippen molar-refractivity contribution in [2.45, 2.75) is 57.5 Å².